The van der Waals surface area contributed by atoms with Crippen molar-refractivity contribution in [2.24, 2.45) is 0 Å². The molecule has 0 bridgehead atoms. The van der Waals surface area contributed by atoms with Gasteiger partial charge in [0, 0.05) is 38.8 Å². The molecule has 2 aromatic carbocycles. The molecule has 3 N–H and O–H groups in total. The number of rotatable bonds is 17. The average Bonchev–Trinajstić information content (AvgIpc) is 2.98. The fourth-order valence-electron chi connectivity index (χ4n) is 5.39. The lowest BCUT2D eigenvalue weighted by Gasteiger charge is -2.38. The van der Waals surface area contributed by atoms with Gasteiger partial charge < -0.3 is 25.5 Å². The first kappa shape index (κ1) is 34.1. The van der Waals surface area contributed by atoms with Crippen LogP contribution in [-0.2, 0) is 33.8 Å². The molecule has 1 aliphatic rings. The predicted molar refractivity (Wildman–Crippen MR) is 162 cm³/mol. The summed E-state index contributed by atoms with van der Waals surface area (Å²) >= 11 is 0. The van der Waals surface area contributed by atoms with E-state index in [1.54, 1.807) is 0 Å². The van der Waals surface area contributed by atoms with Crippen molar-refractivity contribution in [1.82, 2.24) is 20.4 Å². The van der Waals surface area contributed by atoms with Crippen molar-refractivity contribution in [3.05, 3.63) is 70.8 Å². The Morgan fingerprint density at radius 3 is 2.30 bits per heavy atom. The summed E-state index contributed by atoms with van der Waals surface area (Å²) in [6, 6.07) is 9.36. The lowest BCUT2D eigenvalue weighted by atomic mass is 9.99. The van der Waals surface area contributed by atoms with Crippen molar-refractivity contribution in [2.75, 3.05) is 26.2 Å². The first-order valence-electron chi connectivity index (χ1n) is 15.5. The number of aliphatic hydroxyl groups excluding tert-OH is 1. The minimum absolute atomic E-state index is 0.0350. The second kappa shape index (κ2) is 17.1. The molecular weight excluding hydrogens is 554 g/mol. The quantitative estimate of drug-likeness (QED) is 0.240. The Kier molecular flexibility index (Phi) is 13.5. The van der Waals surface area contributed by atoms with Crippen LogP contribution in [0.1, 0.15) is 69.6 Å². The average molecular weight is 601 g/mol. The maximum atomic E-state index is 14.0. The smallest absolute Gasteiger partial charge is 0.312 e. The molecule has 3 rings (SSSR count). The summed E-state index contributed by atoms with van der Waals surface area (Å²) in [5.74, 6) is -3.34. The summed E-state index contributed by atoms with van der Waals surface area (Å²) in [4.78, 5) is 42.6. The maximum Gasteiger partial charge on any atom is 0.312 e. The minimum atomic E-state index is -1.11. The zero-order chi connectivity index (χ0) is 31.4. The van der Waals surface area contributed by atoms with Crippen molar-refractivity contribution < 1.29 is 28.3 Å². The molecule has 8 nitrogen and oxygen atoms in total. The third-order valence-corrected chi connectivity index (χ3v) is 7.89. The van der Waals surface area contributed by atoms with Crippen LogP contribution in [0.25, 0.3) is 0 Å². The van der Waals surface area contributed by atoms with E-state index in [4.69, 9.17) is 0 Å². The summed E-state index contributed by atoms with van der Waals surface area (Å²) in [6.07, 6.45) is 3.21. The molecule has 236 valence electrons. The van der Waals surface area contributed by atoms with Gasteiger partial charge in [-0.2, -0.15) is 0 Å². The predicted octanol–water partition coefficient (Wildman–Crippen LogP) is 3.73. The molecule has 0 spiro atoms. The van der Waals surface area contributed by atoms with Crippen molar-refractivity contribution in [1.29, 1.82) is 0 Å². The number of aliphatic hydroxyl groups is 1. The SMILES string of the molecule is CCCCC(C(=O)N[C@@H](Cc1cc(F)cc(F)c1)[C@H](O)CNCc1cccc(CC)c1)N1CCN(CCCC)C(=O)C1=O. The molecule has 0 radical (unpaired) electrons. The monoisotopic (exact) mass is 600 g/mol. The van der Waals surface area contributed by atoms with Crippen LogP contribution >= 0.6 is 0 Å². The zero-order valence-electron chi connectivity index (χ0n) is 25.6. The van der Waals surface area contributed by atoms with Gasteiger partial charge >= 0.3 is 11.8 Å². The summed E-state index contributed by atoms with van der Waals surface area (Å²) in [7, 11) is 0. The molecule has 3 atom stereocenters. The molecule has 1 saturated heterocycles. The Morgan fingerprint density at radius 1 is 0.930 bits per heavy atom. The van der Waals surface area contributed by atoms with E-state index in [-0.39, 0.29) is 25.1 Å². The largest absolute Gasteiger partial charge is 0.390 e. The van der Waals surface area contributed by atoms with Crippen molar-refractivity contribution >= 4 is 17.7 Å². The Balaban J connectivity index is 1.77. The number of amides is 3. The Hall–Kier alpha value is -3.37. The van der Waals surface area contributed by atoms with E-state index >= 15 is 0 Å². The van der Waals surface area contributed by atoms with Gasteiger partial charge in [-0.25, -0.2) is 8.78 Å². The molecule has 0 saturated carbocycles. The van der Waals surface area contributed by atoms with Crippen LogP contribution in [0.15, 0.2) is 42.5 Å². The van der Waals surface area contributed by atoms with Crippen LogP contribution < -0.4 is 10.6 Å². The van der Waals surface area contributed by atoms with Crippen molar-refractivity contribution in [3.8, 4) is 0 Å². The topological polar surface area (TPSA) is 102 Å². The standard InChI is InChI=1S/C33H46F2N4O4/c1-4-7-12-29(39-15-14-38(13-8-5-2)32(42)33(39)43)31(41)37-28(19-25-17-26(34)20-27(35)18-25)30(40)22-36-21-24-11-9-10-23(6-3)16-24/h9-11,16-18,20,28-30,36,40H,4-8,12-15,19,21-22H2,1-3H3,(H,37,41)/t28-,29?,30+/m0/s1. The number of hydrogen-bond acceptors (Lipinski definition) is 5. The summed E-state index contributed by atoms with van der Waals surface area (Å²) in [5, 5.41) is 17.3. The van der Waals surface area contributed by atoms with Crippen LogP contribution in [0.5, 0.6) is 0 Å². The number of aryl methyl sites for hydroxylation is 1. The number of nitrogens with one attached hydrogen (secondary N) is 2. The van der Waals surface area contributed by atoms with E-state index < -0.39 is 47.5 Å². The molecule has 0 aliphatic carbocycles. The van der Waals surface area contributed by atoms with E-state index in [0.29, 0.717) is 32.5 Å². The third kappa shape index (κ3) is 10.1. The highest BCUT2D eigenvalue weighted by atomic mass is 19.1. The van der Waals surface area contributed by atoms with Gasteiger partial charge in [-0.1, -0.05) is 64.3 Å². The molecule has 1 aliphatic heterocycles. The number of hydrogen-bond donors (Lipinski definition) is 3. The van der Waals surface area contributed by atoms with E-state index in [1.807, 2.05) is 32.0 Å². The van der Waals surface area contributed by atoms with Crippen LogP contribution in [0.3, 0.4) is 0 Å². The molecule has 2 aromatic rings. The molecule has 1 fully saturated rings. The number of carbonyl (C=O) groups excluding carboxylic acids is 3. The van der Waals surface area contributed by atoms with E-state index in [1.165, 1.54) is 27.5 Å². The molecule has 1 heterocycles. The summed E-state index contributed by atoms with van der Waals surface area (Å²) in [5.41, 5.74) is 2.51. The van der Waals surface area contributed by atoms with Gasteiger partial charge in [0.2, 0.25) is 5.91 Å². The van der Waals surface area contributed by atoms with Crippen LogP contribution in [0.2, 0.25) is 0 Å². The second-order valence-electron chi connectivity index (χ2n) is 11.3. The first-order valence-corrected chi connectivity index (χ1v) is 15.5. The molecule has 43 heavy (non-hydrogen) atoms. The van der Waals surface area contributed by atoms with Gasteiger partial charge in [-0.15, -0.1) is 0 Å². The van der Waals surface area contributed by atoms with E-state index in [2.05, 4.69) is 23.6 Å². The van der Waals surface area contributed by atoms with Gasteiger partial charge in [0.05, 0.1) is 12.1 Å². The van der Waals surface area contributed by atoms with Crippen molar-refractivity contribution in [3.63, 3.8) is 0 Å². The Labute approximate surface area is 253 Å². The number of benzene rings is 2. The van der Waals surface area contributed by atoms with Crippen LogP contribution in [0.4, 0.5) is 8.78 Å². The van der Waals surface area contributed by atoms with E-state index in [0.717, 1.165) is 37.3 Å². The fraction of sp³-hybridized carbons (Fsp3) is 0.545. The molecular formula is C33H46F2N4O4. The molecule has 10 heteroatoms. The third-order valence-electron chi connectivity index (χ3n) is 7.89. The fourth-order valence-corrected chi connectivity index (χ4v) is 5.39. The maximum absolute atomic E-state index is 14.0. The highest BCUT2D eigenvalue weighted by Gasteiger charge is 2.39. The number of nitrogens with zero attached hydrogens (tertiary/aromatic N) is 2. The molecule has 0 aromatic heterocycles. The van der Waals surface area contributed by atoms with Crippen molar-refractivity contribution in [2.45, 2.75) is 90.4 Å². The minimum Gasteiger partial charge on any atom is -0.390 e. The summed E-state index contributed by atoms with van der Waals surface area (Å²) < 4.78 is 28.0. The zero-order valence-corrected chi connectivity index (χ0v) is 25.6. The van der Waals surface area contributed by atoms with Gasteiger partial charge in [0.25, 0.3) is 0 Å². The molecule has 1 unspecified atom stereocenters. The highest BCUT2D eigenvalue weighted by molar-refractivity contribution is 6.35. The van der Waals surface area contributed by atoms with Gasteiger partial charge in [0.15, 0.2) is 0 Å². The normalized spacial score (nSPS) is 15.9. The van der Waals surface area contributed by atoms with Gasteiger partial charge in [-0.3, -0.25) is 14.4 Å². The van der Waals surface area contributed by atoms with Crippen LogP contribution in [0, 0.1) is 11.6 Å². The van der Waals surface area contributed by atoms with Gasteiger partial charge in [-0.05, 0) is 54.5 Å². The Bertz CT molecular complexity index is 1210. The molecule has 3 amide bonds. The second-order valence-corrected chi connectivity index (χ2v) is 11.3. The number of carbonyl (C=O) groups is 3. The number of unbranched alkanes of at least 4 members (excludes halogenated alkanes) is 2. The summed E-state index contributed by atoms with van der Waals surface area (Å²) in [6.45, 7) is 7.71. The lowest BCUT2D eigenvalue weighted by molar-refractivity contribution is -0.159. The highest BCUT2D eigenvalue weighted by Crippen LogP contribution is 2.18. The number of piperazine rings is 1. The van der Waals surface area contributed by atoms with Crippen LogP contribution in [-0.4, -0.2) is 77.0 Å². The van der Waals surface area contributed by atoms with Gasteiger partial charge in [0.1, 0.15) is 17.7 Å². The lowest BCUT2D eigenvalue weighted by Crippen LogP contribution is -2.62. The van der Waals surface area contributed by atoms with E-state index in [9.17, 15) is 28.3 Å². The first-order chi connectivity index (χ1) is 20.7. The Morgan fingerprint density at radius 2 is 1.63 bits per heavy atom. The number of halogens is 2.